The highest BCUT2D eigenvalue weighted by molar-refractivity contribution is 8.00. The third-order valence-electron chi connectivity index (χ3n) is 3.87. The summed E-state index contributed by atoms with van der Waals surface area (Å²) >= 11 is 2.86. The highest BCUT2D eigenvalue weighted by atomic mass is 32.2. The molecule has 2 aromatic rings. The summed E-state index contributed by atoms with van der Waals surface area (Å²) in [6.07, 6.45) is 5.12. The Morgan fingerprint density at radius 2 is 2.22 bits per heavy atom. The van der Waals surface area contributed by atoms with Gasteiger partial charge in [-0.2, -0.15) is 0 Å². The van der Waals surface area contributed by atoms with Gasteiger partial charge in [0.1, 0.15) is 10.1 Å². The highest BCUT2D eigenvalue weighted by Gasteiger charge is 2.22. The third kappa shape index (κ3) is 3.45. The van der Waals surface area contributed by atoms with E-state index in [1.54, 1.807) is 18.3 Å². The van der Waals surface area contributed by atoms with Crippen molar-refractivity contribution in [2.24, 2.45) is 0 Å². The molecule has 0 aliphatic heterocycles. The van der Waals surface area contributed by atoms with Crippen molar-refractivity contribution >= 4 is 39.3 Å². The topological polar surface area (TPSA) is 72.0 Å². The summed E-state index contributed by atoms with van der Waals surface area (Å²) in [6, 6.07) is 0. The minimum Gasteiger partial charge on any atom is -0.465 e. The number of rotatable bonds is 5. The predicted octanol–water partition coefficient (Wildman–Crippen LogP) is 3.30. The SMILES string of the molecule is CCCOC(=O)[C@@H](C)Sc1nc2sc3c(c2c(=O)[nH]1)CCCC3. The van der Waals surface area contributed by atoms with E-state index in [4.69, 9.17) is 4.74 Å². The van der Waals surface area contributed by atoms with E-state index < -0.39 is 5.25 Å². The van der Waals surface area contributed by atoms with E-state index in [2.05, 4.69) is 9.97 Å². The van der Waals surface area contributed by atoms with Crippen LogP contribution in [0, 0.1) is 0 Å². The van der Waals surface area contributed by atoms with Crippen LogP contribution in [0.25, 0.3) is 10.2 Å². The van der Waals surface area contributed by atoms with Gasteiger partial charge in [0.2, 0.25) is 0 Å². The standard InChI is InChI=1S/C16H20N2O3S2/c1-3-8-21-15(20)9(2)22-16-17-13(19)12-10-6-4-5-7-11(10)23-14(12)18-16/h9H,3-8H2,1-2H3,(H,17,18,19)/t9-/m1/s1. The average Bonchev–Trinajstić information content (AvgIpc) is 2.91. The fraction of sp³-hybridized carbons (Fsp3) is 0.562. The Labute approximate surface area is 142 Å². The molecule has 1 atom stereocenters. The molecule has 0 saturated heterocycles. The molecule has 0 aromatic carbocycles. The van der Waals surface area contributed by atoms with Gasteiger partial charge in [-0.1, -0.05) is 18.7 Å². The summed E-state index contributed by atoms with van der Waals surface area (Å²) in [4.78, 5) is 33.8. The maximum absolute atomic E-state index is 12.4. The normalized spacial score (nSPS) is 15.4. The number of H-pyrrole nitrogens is 1. The van der Waals surface area contributed by atoms with Crippen LogP contribution in [-0.4, -0.2) is 27.8 Å². The maximum atomic E-state index is 12.4. The van der Waals surface area contributed by atoms with E-state index in [1.807, 2.05) is 6.92 Å². The molecule has 0 spiro atoms. The molecule has 3 rings (SSSR count). The van der Waals surface area contributed by atoms with E-state index >= 15 is 0 Å². The first-order chi connectivity index (χ1) is 11.1. The highest BCUT2D eigenvalue weighted by Crippen LogP contribution is 2.34. The van der Waals surface area contributed by atoms with Gasteiger partial charge in [0, 0.05) is 4.88 Å². The Morgan fingerprint density at radius 1 is 1.43 bits per heavy atom. The van der Waals surface area contributed by atoms with Gasteiger partial charge in [0.05, 0.1) is 12.0 Å². The molecule has 0 saturated carbocycles. The van der Waals surface area contributed by atoms with Gasteiger partial charge >= 0.3 is 5.97 Å². The van der Waals surface area contributed by atoms with Crippen LogP contribution in [0.3, 0.4) is 0 Å². The van der Waals surface area contributed by atoms with E-state index in [-0.39, 0.29) is 11.5 Å². The second-order valence-electron chi connectivity index (χ2n) is 5.69. The minimum absolute atomic E-state index is 0.0916. The number of fused-ring (bicyclic) bond motifs is 3. The number of aromatic amines is 1. The number of thiophene rings is 1. The van der Waals surface area contributed by atoms with Crippen molar-refractivity contribution in [1.29, 1.82) is 0 Å². The van der Waals surface area contributed by atoms with Gasteiger partial charge in [0.15, 0.2) is 5.16 Å². The van der Waals surface area contributed by atoms with Gasteiger partial charge < -0.3 is 9.72 Å². The molecule has 7 heteroatoms. The molecule has 124 valence electrons. The zero-order chi connectivity index (χ0) is 16.4. The molecule has 0 radical (unpaired) electrons. The number of nitrogens with zero attached hydrogens (tertiary/aromatic N) is 1. The van der Waals surface area contributed by atoms with Gasteiger partial charge in [0.25, 0.3) is 5.56 Å². The van der Waals surface area contributed by atoms with Crippen molar-refractivity contribution in [2.75, 3.05) is 6.61 Å². The number of esters is 1. The predicted molar refractivity (Wildman–Crippen MR) is 93.5 cm³/mol. The molecule has 1 N–H and O–H groups in total. The number of nitrogens with one attached hydrogen (secondary N) is 1. The summed E-state index contributed by atoms with van der Waals surface area (Å²) in [7, 11) is 0. The van der Waals surface area contributed by atoms with Crippen LogP contribution >= 0.6 is 23.1 Å². The van der Waals surface area contributed by atoms with E-state index in [9.17, 15) is 9.59 Å². The first kappa shape index (κ1) is 16.5. The smallest absolute Gasteiger partial charge is 0.319 e. The monoisotopic (exact) mass is 352 g/mol. The molecule has 23 heavy (non-hydrogen) atoms. The number of aromatic nitrogens is 2. The van der Waals surface area contributed by atoms with Gasteiger partial charge in [-0.25, -0.2) is 4.98 Å². The number of carbonyl (C=O) groups excluding carboxylic acids is 1. The first-order valence-corrected chi connectivity index (χ1v) is 9.67. The quantitative estimate of drug-likeness (QED) is 0.508. The molecule has 0 unspecified atom stereocenters. The van der Waals surface area contributed by atoms with Crippen molar-refractivity contribution in [1.82, 2.24) is 9.97 Å². The molecule has 1 aliphatic carbocycles. The lowest BCUT2D eigenvalue weighted by atomic mass is 9.97. The van der Waals surface area contributed by atoms with Crippen LogP contribution in [0.4, 0.5) is 0 Å². The van der Waals surface area contributed by atoms with E-state index in [1.165, 1.54) is 28.6 Å². The van der Waals surface area contributed by atoms with Crippen LogP contribution in [-0.2, 0) is 22.4 Å². The molecule has 2 heterocycles. The minimum atomic E-state index is -0.392. The fourth-order valence-electron chi connectivity index (χ4n) is 2.74. The van der Waals surface area contributed by atoms with Gasteiger partial charge in [-0.15, -0.1) is 11.3 Å². The summed E-state index contributed by atoms with van der Waals surface area (Å²) in [5.74, 6) is -0.273. The number of thioether (sulfide) groups is 1. The van der Waals surface area contributed by atoms with Crippen molar-refractivity contribution in [3.63, 3.8) is 0 Å². The first-order valence-electron chi connectivity index (χ1n) is 7.98. The summed E-state index contributed by atoms with van der Waals surface area (Å²) in [5, 5.41) is 0.842. The lowest BCUT2D eigenvalue weighted by molar-refractivity contribution is -0.142. The maximum Gasteiger partial charge on any atom is 0.319 e. The number of carbonyl (C=O) groups is 1. The Bertz CT molecular complexity index is 781. The molecule has 0 fully saturated rings. The van der Waals surface area contributed by atoms with Crippen LogP contribution < -0.4 is 5.56 Å². The zero-order valence-electron chi connectivity index (χ0n) is 13.3. The molecule has 0 bridgehead atoms. The zero-order valence-corrected chi connectivity index (χ0v) is 14.9. The van der Waals surface area contributed by atoms with Crippen molar-refractivity contribution in [3.8, 4) is 0 Å². The number of ether oxygens (including phenoxy) is 1. The molecule has 2 aromatic heterocycles. The Morgan fingerprint density at radius 3 is 3.00 bits per heavy atom. The Hall–Kier alpha value is -1.34. The largest absolute Gasteiger partial charge is 0.465 e. The van der Waals surface area contributed by atoms with Crippen molar-refractivity contribution in [3.05, 3.63) is 20.8 Å². The van der Waals surface area contributed by atoms with Crippen molar-refractivity contribution in [2.45, 2.75) is 56.4 Å². The van der Waals surface area contributed by atoms with Crippen LogP contribution in [0.5, 0.6) is 0 Å². The number of aryl methyl sites for hydroxylation is 2. The second-order valence-corrected chi connectivity index (χ2v) is 8.10. The Balaban J connectivity index is 1.85. The molecular weight excluding hydrogens is 332 g/mol. The van der Waals surface area contributed by atoms with Gasteiger partial charge in [-0.3, -0.25) is 9.59 Å². The lowest BCUT2D eigenvalue weighted by Crippen LogP contribution is -2.19. The van der Waals surface area contributed by atoms with E-state index in [0.717, 1.165) is 35.9 Å². The van der Waals surface area contributed by atoms with Crippen LogP contribution in [0.15, 0.2) is 9.95 Å². The van der Waals surface area contributed by atoms with Crippen molar-refractivity contribution < 1.29 is 9.53 Å². The molecule has 1 aliphatic rings. The summed E-state index contributed by atoms with van der Waals surface area (Å²) in [6.45, 7) is 4.15. The number of hydrogen-bond acceptors (Lipinski definition) is 6. The average molecular weight is 352 g/mol. The van der Waals surface area contributed by atoms with E-state index in [0.29, 0.717) is 11.8 Å². The summed E-state index contributed by atoms with van der Waals surface area (Å²) in [5.41, 5.74) is 1.09. The molecular formula is C16H20N2O3S2. The number of hydrogen-bond donors (Lipinski definition) is 1. The molecule has 5 nitrogen and oxygen atoms in total. The van der Waals surface area contributed by atoms with Gasteiger partial charge in [-0.05, 0) is 44.6 Å². The van der Waals surface area contributed by atoms with Crippen LogP contribution in [0.2, 0.25) is 0 Å². The van der Waals surface area contributed by atoms with Crippen LogP contribution in [0.1, 0.15) is 43.6 Å². The second kappa shape index (κ2) is 7.05. The fourth-order valence-corrected chi connectivity index (χ4v) is 4.85. The third-order valence-corrected chi connectivity index (χ3v) is 6.02. The lowest BCUT2D eigenvalue weighted by Gasteiger charge is -2.10. The Kier molecular flexibility index (Phi) is 5.06. The summed E-state index contributed by atoms with van der Waals surface area (Å²) < 4.78 is 5.13. The molecule has 0 amide bonds.